The van der Waals surface area contributed by atoms with Gasteiger partial charge >= 0.3 is 0 Å². The molecule has 0 spiro atoms. The quantitative estimate of drug-likeness (QED) is 0.379. The SMILES string of the molecule is COc1cccc(COc2cccc(-c3ccc(C(=O)c4cccc(O)c4)s3)c2)c1. The predicted octanol–water partition coefficient (Wildman–Crippen LogP) is 5.94. The number of thiophene rings is 1. The van der Waals surface area contributed by atoms with E-state index in [1.165, 1.54) is 17.4 Å². The van der Waals surface area contributed by atoms with E-state index in [9.17, 15) is 9.90 Å². The first-order valence-corrected chi connectivity index (χ1v) is 10.2. The molecule has 1 aromatic heterocycles. The van der Waals surface area contributed by atoms with Gasteiger partial charge in [0.15, 0.2) is 0 Å². The van der Waals surface area contributed by atoms with E-state index in [4.69, 9.17) is 9.47 Å². The molecule has 30 heavy (non-hydrogen) atoms. The van der Waals surface area contributed by atoms with Crippen LogP contribution in [0.15, 0.2) is 84.9 Å². The molecule has 0 aliphatic heterocycles. The number of aromatic hydroxyl groups is 1. The van der Waals surface area contributed by atoms with Gasteiger partial charge in [0.05, 0.1) is 12.0 Å². The van der Waals surface area contributed by atoms with Crippen LogP contribution in [0.3, 0.4) is 0 Å². The van der Waals surface area contributed by atoms with Crippen LogP contribution in [0.1, 0.15) is 20.8 Å². The zero-order valence-corrected chi connectivity index (χ0v) is 17.2. The van der Waals surface area contributed by atoms with E-state index in [0.29, 0.717) is 17.0 Å². The fourth-order valence-corrected chi connectivity index (χ4v) is 4.04. The molecule has 0 radical (unpaired) electrons. The third-order valence-electron chi connectivity index (χ3n) is 4.60. The van der Waals surface area contributed by atoms with Crippen molar-refractivity contribution in [1.82, 2.24) is 0 Å². The third kappa shape index (κ3) is 4.53. The van der Waals surface area contributed by atoms with Gasteiger partial charge < -0.3 is 14.6 Å². The van der Waals surface area contributed by atoms with Gasteiger partial charge in [0, 0.05) is 10.4 Å². The van der Waals surface area contributed by atoms with Gasteiger partial charge in [-0.25, -0.2) is 0 Å². The Kier molecular flexibility index (Phi) is 5.82. The number of rotatable bonds is 7. The number of methoxy groups -OCH3 is 1. The van der Waals surface area contributed by atoms with Crippen molar-refractivity contribution in [2.75, 3.05) is 7.11 Å². The normalized spacial score (nSPS) is 10.6. The summed E-state index contributed by atoms with van der Waals surface area (Å²) in [5.74, 6) is 1.53. The van der Waals surface area contributed by atoms with Gasteiger partial charge in [-0.1, -0.05) is 36.4 Å². The molecule has 0 atom stereocenters. The Morgan fingerprint density at radius 3 is 2.53 bits per heavy atom. The number of benzene rings is 3. The van der Waals surface area contributed by atoms with Gasteiger partial charge in [-0.3, -0.25) is 4.79 Å². The lowest BCUT2D eigenvalue weighted by Gasteiger charge is -2.09. The van der Waals surface area contributed by atoms with E-state index < -0.39 is 0 Å². The van der Waals surface area contributed by atoms with Crippen LogP contribution in [0.25, 0.3) is 10.4 Å². The third-order valence-corrected chi connectivity index (χ3v) is 5.73. The van der Waals surface area contributed by atoms with Crippen LogP contribution >= 0.6 is 11.3 Å². The molecule has 0 amide bonds. The molecule has 150 valence electrons. The number of phenolic OH excluding ortho intramolecular Hbond substituents is 1. The number of hydrogen-bond acceptors (Lipinski definition) is 5. The number of ether oxygens (including phenoxy) is 2. The lowest BCUT2D eigenvalue weighted by atomic mass is 10.1. The van der Waals surface area contributed by atoms with Crippen molar-refractivity contribution in [2.45, 2.75) is 6.61 Å². The van der Waals surface area contributed by atoms with E-state index in [2.05, 4.69) is 0 Å². The molecule has 0 bridgehead atoms. The summed E-state index contributed by atoms with van der Waals surface area (Å²) < 4.78 is 11.2. The Morgan fingerprint density at radius 2 is 1.70 bits per heavy atom. The summed E-state index contributed by atoms with van der Waals surface area (Å²) >= 11 is 1.42. The Labute approximate surface area is 179 Å². The van der Waals surface area contributed by atoms with Crippen molar-refractivity contribution in [3.63, 3.8) is 0 Å². The first-order valence-electron chi connectivity index (χ1n) is 9.42. The predicted molar refractivity (Wildman–Crippen MR) is 119 cm³/mol. The fourth-order valence-electron chi connectivity index (χ4n) is 3.07. The van der Waals surface area contributed by atoms with Gasteiger partial charge in [-0.2, -0.15) is 0 Å². The van der Waals surface area contributed by atoms with Crippen LogP contribution in [0.2, 0.25) is 0 Å². The lowest BCUT2D eigenvalue weighted by molar-refractivity contribution is 0.104. The molecule has 1 N–H and O–H groups in total. The summed E-state index contributed by atoms with van der Waals surface area (Å²) in [4.78, 5) is 14.3. The van der Waals surface area contributed by atoms with Gasteiger partial charge in [-0.05, 0) is 59.7 Å². The maximum absolute atomic E-state index is 12.7. The molecule has 4 aromatic rings. The van der Waals surface area contributed by atoms with Gasteiger partial charge in [0.2, 0.25) is 5.78 Å². The number of hydrogen-bond donors (Lipinski definition) is 1. The van der Waals surface area contributed by atoms with Crippen LogP contribution in [0.4, 0.5) is 0 Å². The summed E-state index contributed by atoms with van der Waals surface area (Å²) in [6, 6.07) is 25.7. The van der Waals surface area contributed by atoms with Crippen molar-refractivity contribution in [1.29, 1.82) is 0 Å². The van der Waals surface area contributed by atoms with Crippen LogP contribution < -0.4 is 9.47 Å². The van der Waals surface area contributed by atoms with Crippen LogP contribution in [0.5, 0.6) is 17.2 Å². The van der Waals surface area contributed by atoms with E-state index in [0.717, 1.165) is 27.5 Å². The van der Waals surface area contributed by atoms with Crippen LogP contribution in [-0.4, -0.2) is 18.0 Å². The number of carbonyl (C=O) groups is 1. The van der Waals surface area contributed by atoms with Gasteiger partial charge in [-0.15, -0.1) is 11.3 Å². The highest BCUT2D eigenvalue weighted by Crippen LogP contribution is 2.32. The first kappa shape index (κ1) is 19.7. The lowest BCUT2D eigenvalue weighted by Crippen LogP contribution is -1.97. The van der Waals surface area contributed by atoms with Gasteiger partial charge in [0.1, 0.15) is 23.9 Å². The van der Waals surface area contributed by atoms with E-state index in [-0.39, 0.29) is 11.5 Å². The average Bonchev–Trinajstić information content (AvgIpc) is 3.28. The first-order chi connectivity index (χ1) is 14.6. The molecule has 0 unspecified atom stereocenters. The average molecular weight is 416 g/mol. The molecule has 5 heteroatoms. The Balaban J connectivity index is 1.49. The zero-order chi connectivity index (χ0) is 20.9. The van der Waals surface area contributed by atoms with Crippen molar-refractivity contribution < 1.29 is 19.4 Å². The minimum absolute atomic E-state index is 0.0820. The van der Waals surface area contributed by atoms with Crippen molar-refractivity contribution >= 4 is 17.1 Å². The van der Waals surface area contributed by atoms with Crippen molar-refractivity contribution in [3.8, 4) is 27.7 Å². The molecule has 3 aromatic carbocycles. The van der Waals surface area contributed by atoms with Gasteiger partial charge in [0.25, 0.3) is 0 Å². The highest BCUT2D eigenvalue weighted by molar-refractivity contribution is 7.17. The second kappa shape index (κ2) is 8.84. The summed E-state index contributed by atoms with van der Waals surface area (Å²) in [6.45, 7) is 0.437. The monoisotopic (exact) mass is 416 g/mol. The molecule has 4 nitrogen and oxygen atoms in total. The number of ketones is 1. The Hall–Kier alpha value is -3.57. The standard InChI is InChI=1S/C25H20O4S/c1-28-21-9-2-5-17(13-21)16-29-22-10-4-6-18(15-22)23-11-12-24(30-23)25(27)19-7-3-8-20(26)14-19/h2-15,26H,16H2,1H3. The maximum Gasteiger partial charge on any atom is 0.203 e. The molecule has 4 rings (SSSR count). The fraction of sp³-hybridized carbons (Fsp3) is 0.0800. The van der Waals surface area contributed by atoms with E-state index >= 15 is 0 Å². The van der Waals surface area contributed by atoms with Crippen molar-refractivity contribution in [3.05, 3.63) is 101 Å². The summed E-state index contributed by atoms with van der Waals surface area (Å²) in [5.41, 5.74) is 2.48. The van der Waals surface area contributed by atoms with E-state index in [1.807, 2.05) is 60.7 Å². The molecule has 0 saturated heterocycles. The summed E-state index contributed by atoms with van der Waals surface area (Å²) in [6.07, 6.45) is 0. The molecule has 0 aliphatic carbocycles. The summed E-state index contributed by atoms with van der Waals surface area (Å²) in [5, 5.41) is 9.62. The minimum Gasteiger partial charge on any atom is -0.508 e. The minimum atomic E-state index is -0.104. The number of carbonyl (C=O) groups excluding carboxylic acids is 1. The maximum atomic E-state index is 12.7. The summed E-state index contributed by atoms with van der Waals surface area (Å²) in [7, 11) is 1.64. The molecule has 1 heterocycles. The van der Waals surface area contributed by atoms with Crippen molar-refractivity contribution in [2.24, 2.45) is 0 Å². The largest absolute Gasteiger partial charge is 0.508 e. The highest BCUT2D eigenvalue weighted by Gasteiger charge is 2.13. The molecule has 0 fully saturated rings. The second-order valence-electron chi connectivity index (χ2n) is 6.71. The zero-order valence-electron chi connectivity index (χ0n) is 16.4. The number of phenols is 1. The van der Waals surface area contributed by atoms with Crippen LogP contribution in [0, 0.1) is 0 Å². The Bertz CT molecular complexity index is 1180. The molecular weight excluding hydrogens is 396 g/mol. The van der Waals surface area contributed by atoms with E-state index in [1.54, 1.807) is 25.3 Å². The Morgan fingerprint density at radius 1 is 0.900 bits per heavy atom. The smallest absolute Gasteiger partial charge is 0.203 e. The van der Waals surface area contributed by atoms with Crippen LogP contribution in [-0.2, 0) is 6.61 Å². The topological polar surface area (TPSA) is 55.8 Å². The molecule has 0 aliphatic rings. The highest BCUT2D eigenvalue weighted by atomic mass is 32.1. The second-order valence-corrected chi connectivity index (χ2v) is 7.80. The molecular formula is C25H20O4S. The molecule has 0 saturated carbocycles.